The lowest BCUT2D eigenvalue weighted by Crippen LogP contribution is -2.33. The maximum Gasteiger partial charge on any atom is 0.345 e. The Morgan fingerprint density at radius 1 is 0.703 bits per heavy atom. The van der Waals surface area contributed by atoms with E-state index in [0.717, 1.165) is 6.92 Å². The van der Waals surface area contributed by atoms with E-state index in [1.54, 1.807) is 12.1 Å². The molecular weight excluding hydrogens is 484 g/mol. The summed E-state index contributed by atoms with van der Waals surface area (Å²) < 4.78 is 27.2. The van der Waals surface area contributed by atoms with Gasteiger partial charge in [-0.3, -0.25) is 14.4 Å². The lowest BCUT2D eigenvalue weighted by atomic mass is 9.77. The van der Waals surface area contributed by atoms with Crippen LogP contribution in [0, 0.1) is 0 Å². The number of fused-ring (bicyclic) bond motifs is 6. The Morgan fingerprint density at radius 2 is 1.27 bits per heavy atom. The summed E-state index contributed by atoms with van der Waals surface area (Å²) in [6.07, 6.45) is 0. The van der Waals surface area contributed by atoms with Gasteiger partial charge in [0.1, 0.15) is 23.0 Å². The predicted molar refractivity (Wildman–Crippen MR) is 123 cm³/mol. The van der Waals surface area contributed by atoms with E-state index in [1.165, 1.54) is 56.3 Å². The zero-order valence-corrected chi connectivity index (χ0v) is 19.8. The molecule has 0 fully saturated rings. The number of hydrogen-bond acceptors (Lipinski definition) is 10. The molecule has 10 nitrogen and oxygen atoms in total. The lowest BCUT2D eigenvalue weighted by Gasteiger charge is -2.36. The van der Waals surface area contributed by atoms with Gasteiger partial charge < -0.3 is 23.7 Å². The van der Waals surface area contributed by atoms with Crippen LogP contribution < -0.4 is 14.2 Å². The predicted octanol–water partition coefficient (Wildman–Crippen LogP) is 3.81. The molecule has 186 valence electrons. The maximum atomic E-state index is 13.1. The molecular formula is C27H18O10. The molecule has 0 amide bonds. The Morgan fingerprint density at radius 3 is 1.78 bits per heavy atom. The standard InChI is InChI=1S/C27H18O10/c1-13(28)33-17-5-8-20-23(11-17)36-24-12-18(34-14(2)29)6-9-21(24)27(20)22-10-16(25(31)35-15(3)30)4-7-19(22)26(32)37-27/h4-12H,1-3H3. The third kappa shape index (κ3) is 3.98. The molecule has 0 bridgehead atoms. The molecule has 0 aliphatic carbocycles. The number of esters is 5. The van der Waals surface area contributed by atoms with Crippen molar-refractivity contribution in [2.75, 3.05) is 0 Å². The van der Waals surface area contributed by atoms with Crippen LogP contribution in [0.2, 0.25) is 0 Å². The first-order chi connectivity index (χ1) is 17.6. The van der Waals surface area contributed by atoms with Crippen molar-refractivity contribution in [3.63, 3.8) is 0 Å². The summed E-state index contributed by atoms with van der Waals surface area (Å²) in [5.41, 5.74) is -0.284. The van der Waals surface area contributed by atoms with Gasteiger partial charge in [0.05, 0.1) is 11.1 Å². The summed E-state index contributed by atoms with van der Waals surface area (Å²) in [6.45, 7) is 3.60. The number of benzene rings is 3. The normalized spacial score (nSPS) is 13.9. The third-order valence-electron chi connectivity index (χ3n) is 5.74. The topological polar surface area (TPSA) is 132 Å². The van der Waals surface area contributed by atoms with Crippen LogP contribution in [0.4, 0.5) is 0 Å². The molecule has 3 aromatic rings. The highest BCUT2D eigenvalue weighted by Gasteiger charge is 2.54. The number of ether oxygens (including phenoxy) is 5. The quantitative estimate of drug-likeness (QED) is 0.296. The van der Waals surface area contributed by atoms with Crippen molar-refractivity contribution in [1.82, 2.24) is 0 Å². The van der Waals surface area contributed by atoms with E-state index in [2.05, 4.69) is 0 Å². The second-order valence-electron chi connectivity index (χ2n) is 8.32. The average Bonchev–Trinajstić information content (AvgIpc) is 3.10. The highest BCUT2D eigenvalue weighted by Crippen LogP contribution is 2.57. The van der Waals surface area contributed by atoms with Crippen LogP contribution >= 0.6 is 0 Å². The highest BCUT2D eigenvalue weighted by atomic mass is 16.6. The van der Waals surface area contributed by atoms with Gasteiger partial charge in [-0.25, -0.2) is 9.59 Å². The van der Waals surface area contributed by atoms with Crippen LogP contribution in [0.15, 0.2) is 54.6 Å². The summed E-state index contributed by atoms with van der Waals surface area (Å²) in [6, 6.07) is 13.3. The minimum absolute atomic E-state index is 0.0225. The smallest absolute Gasteiger partial charge is 0.345 e. The van der Waals surface area contributed by atoms with Gasteiger partial charge in [-0.2, -0.15) is 0 Å². The largest absolute Gasteiger partial charge is 0.456 e. The van der Waals surface area contributed by atoms with Crippen molar-refractivity contribution >= 4 is 29.8 Å². The van der Waals surface area contributed by atoms with E-state index in [4.69, 9.17) is 23.7 Å². The molecule has 0 N–H and O–H groups in total. The van der Waals surface area contributed by atoms with E-state index in [9.17, 15) is 24.0 Å². The van der Waals surface area contributed by atoms with Crippen molar-refractivity contribution in [3.05, 3.63) is 82.4 Å². The first-order valence-corrected chi connectivity index (χ1v) is 11.0. The molecule has 1 spiro atoms. The van der Waals surface area contributed by atoms with Crippen LogP contribution in [-0.4, -0.2) is 29.8 Å². The minimum Gasteiger partial charge on any atom is -0.456 e. The first-order valence-electron chi connectivity index (χ1n) is 11.0. The van der Waals surface area contributed by atoms with Gasteiger partial charge in [-0.1, -0.05) is 0 Å². The SMILES string of the molecule is CC(=O)OC(=O)c1ccc2c(c1)C1(OC2=O)c2ccc(OC(C)=O)cc2Oc2cc(OC(C)=O)ccc21. The molecule has 0 radical (unpaired) electrons. The van der Waals surface area contributed by atoms with Crippen LogP contribution in [0.3, 0.4) is 0 Å². The van der Waals surface area contributed by atoms with E-state index in [-0.39, 0.29) is 34.1 Å². The summed E-state index contributed by atoms with van der Waals surface area (Å²) in [4.78, 5) is 59.9. The molecule has 2 heterocycles. The summed E-state index contributed by atoms with van der Waals surface area (Å²) >= 11 is 0. The van der Waals surface area contributed by atoms with E-state index < -0.39 is 35.4 Å². The van der Waals surface area contributed by atoms with Crippen LogP contribution in [0.1, 0.15) is 58.2 Å². The van der Waals surface area contributed by atoms with Gasteiger partial charge in [0.2, 0.25) is 0 Å². The molecule has 3 aromatic carbocycles. The molecule has 2 aliphatic heterocycles. The molecule has 5 rings (SSSR count). The van der Waals surface area contributed by atoms with Gasteiger partial charge >= 0.3 is 29.8 Å². The van der Waals surface area contributed by atoms with Crippen LogP contribution in [0.5, 0.6) is 23.0 Å². The zero-order chi connectivity index (χ0) is 26.5. The molecule has 0 aromatic heterocycles. The first kappa shape index (κ1) is 23.7. The van der Waals surface area contributed by atoms with Gasteiger partial charge in [-0.05, 0) is 42.5 Å². The van der Waals surface area contributed by atoms with E-state index >= 15 is 0 Å². The fourth-order valence-corrected chi connectivity index (χ4v) is 4.46. The number of carbonyl (C=O) groups excluding carboxylic acids is 5. The number of rotatable bonds is 3. The van der Waals surface area contributed by atoms with Crippen LogP contribution in [-0.2, 0) is 29.5 Å². The van der Waals surface area contributed by atoms with Crippen molar-refractivity contribution in [1.29, 1.82) is 0 Å². The van der Waals surface area contributed by atoms with Crippen molar-refractivity contribution < 1.29 is 47.7 Å². The Kier molecular flexibility index (Phi) is 5.51. The van der Waals surface area contributed by atoms with E-state index in [1.807, 2.05) is 0 Å². The third-order valence-corrected chi connectivity index (χ3v) is 5.74. The van der Waals surface area contributed by atoms with Crippen molar-refractivity contribution in [3.8, 4) is 23.0 Å². The van der Waals surface area contributed by atoms with Gasteiger partial charge in [0.25, 0.3) is 0 Å². The van der Waals surface area contributed by atoms with Crippen molar-refractivity contribution in [2.45, 2.75) is 26.4 Å². The molecule has 0 atom stereocenters. The Balaban J connectivity index is 1.76. The fraction of sp³-hybridized carbons (Fsp3) is 0.148. The molecule has 2 aliphatic rings. The monoisotopic (exact) mass is 502 g/mol. The summed E-state index contributed by atoms with van der Waals surface area (Å²) in [5.74, 6) is -2.67. The zero-order valence-electron chi connectivity index (χ0n) is 19.8. The fourth-order valence-electron chi connectivity index (χ4n) is 4.46. The molecule has 37 heavy (non-hydrogen) atoms. The Labute approximate surface area is 209 Å². The molecule has 0 unspecified atom stereocenters. The minimum atomic E-state index is -1.58. The lowest BCUT2D eigenvalue weighted by molar-refractivity contribution is -0.135. The van der Waals surface area contributed by atoms with Gasteiger partial charge in [0, 0.05) is 49.6 Å². The highest BCUT2D eigenvalue weighted by molar-refractivity contribution is 6.01. The second kappa shape index (κ2) is 8.59. The summed E-state index contributed by atoms with van der Waals surface area (Å²) in [5, 5.41) is 0. The average molecular weight is 502 g/mol. The number of hydrogen-bond donors (Lipinski definition) is 0. The molecule has 10 heteroatoms. The second-order valence-corrected chi connectivity index (χ2v) is 8.32. The van der Waals surface area contributed by atoms with Gasteiger partial charge in [-0.15, -0.1) is 0 Å². The Hall–Kier alpha value is -4.99. The summed E-state index contributed by atoms with van der Waals surface area (Å²) in [7, 11) is 0. The number of carbonyl (C=O) groups is 5. The van der Waals surface area contributed by atoms with Crippen LogP contribution in [0.25, 0.3) is 0 Å². The van der Waals surface area contributed by atoms with Gasteiger partial charge in [0.15, 0.2) is 5.60 Å². The molecule has 0 saturated carbocycles. The molecule has 0 saturated heterocycles. The van der Waals surface area contributed by atoms with Crippen molar-refractivity contribution in [2.24, 2.45) is 0 Å². The maximum absolute atomic E-state index is 13.1. The van der Waals surface area contributed by atoms with E-state index in [0.29, 0.717) is 16.7 Å². The Bertz CT molecular complexity index is 1470.